The predicted molar refractivity (Wildman–Crippen MR) is 90.7 cm³/mol. The number of aromatic nitrogens is 1. The molecule has 0 atom stereocenters. The zero-order chi connectivity index (χ0) is 17.1. The van der Waals surface area contributed by atoms with Crippen molar-refractivity contribution in [3.63, 3.8) is 0 Å². The zero-order valence-corrected chi connectivity index (χ0v) is 13.8. The number of urea groups is 1. The van der Waals surface area contributed by atoms with E-state index in [9.17, 15) is 4.79 Å². The molecular formula is C18H19N3O3. The molecule has 2 aromatic heterocycles. The van der Waals surface area contributed by atoms with Crippen molar-refractivity contribution in [3.05, 3.63) is 59.2 Å². The average Bonchev–Trinajstić information content (AvgIpc) is 3.14. The minimum Gasteiger partial charge on any atom is -0.459 e. The van der Waals surface area contributed by atoms with Gasteiger partial charge in [-0.15, -0.1) is 0 Å². The number of benzene rings is 1. The van der Waals surface area contributed by atoms with E-state index in [0.717, 1.165) is 22.5 Å². The van der Waals surface area contributed by atoms with Gasteiger partial charge >= 0.3 is 6.03 Å². The van der Waals surface area contributed by atoms with Crippen molar-refractivity contribution in [3.8, 4) is 11.3 Å². The van der Waals surface area contributed by atoms with Gasteiger partial charge in [0.1, 0.15) is 17.3 Å². The van der Waals surface area contributed by atoms with Gasteiger partial charge in [0.15, 0.2) is 0 Å². The second-order valence-electron chi connectivity index (χ2n) is 5.59. The second-order valence-corrected chi connectivity index (χ2v) is 5.59. The molecule has 0 aliphatic rings. The highest BCUT2D eigenvalue weighted by molar-refractivity contribution is 5.89. The number of rotatable bonds is 4. The summed E-state index contributed by atoms with van der Waals surface area (Å²) < 4.78 is 10.9. The third-order valence-electron chi connectivity index (χ3n) is 3.76. The number of amides is 2. The first kappa shape index (κ1) is 15.9. The molecule has 0 spiro atoms. The topological polar surface area (TPSA) is 80.3 Å². The lowest BCUT2D eigenvalue weighted by atomic mass is 10.1. The molecule has 1 aromatic carbocycles. The van der Waals surface area contributed by atoms with Gasteiger partial charge in [-0.3, -0.25) is 0 Å². The monoisotopic (exact) mass is 325 g/mol. The number of aryl methyl sites for hydroxylation is 3. The molecule has 6 nitrogen and oxygen atoms in total. The van der Waals surface area contributed by atoms with Crippen molar-refractivity contribution in [2.75, 3.05) is 5.32 Å². The number of hydrogen-bond acceptors (Lipinski definition) is 4. The van der Waals surface area contributed by atoms with Crippen LogP contribution >= 0.6 is 0 Å². The Balaban J connectivity index is 1.62. The molecule has 0 aliphatic heterocycles. The normalized spacial score (nSPS) is 10.6. The predicted octanol–water partition coefficient (Wildman–Crippen LogP) is 4.18. The number of para-hydroxylation sites is 1. The van der Waals surface area contributed by atoms with Gasteiger partial charge in [0.05, 0.1) is 17.8 Å². The number of anilines is 1. The number of furan rings is 1. The molecular weight excluding hydrogens is 306 g/mol. The molecule has 0 aliphatic carbocycles. The molecule has 0 saturated heterocycles. The maximum Gasteiger partial charge on any atom is 0.319 e. The quantitative estimate of drug-likeness (QED) is 0.754. The Morgan fingerprint density at radius 3 is 2.62 bits per heavy atom. The van der Waals surface area contributed by atoms with E-state index < -0.39 is 0 Å². The van der Waals surface area contributed by atoms with Crippen LogP contribution < -0.4 is 10.6 Å². The fourth-order valence-corrected chi connectivity index (χ4v) is 2.49. The summed E-state index contributed by atoms with van der Waals surface area (Å²) in [4.78, 5) is 12.0. The van der Waals surface area contributed by atoms with Gasteiger partial charge in [-0.05, 0) is 44.5 Å². The summed E-state index contributed by atoms with van der Waals surface area (Å²) >= 11 is 0. The maximum absolute atomic E-state index is 12.0. The van der Waals surface area contributed by atoms with E-state index in [1.54, 1.807) is 0 Å². The average molecular weight is 325 g/mol. The second kappa shape index (κ2) is 6.62. The van der Waals surface area contributed by atoms with Crippen LogP contribution in [0.4, 0.5) is 10.5 Å². The lowest BCUT2D eigenvalue weighted by Gasteiger charge is -2.08. The minimum absolute atomic E-state index is 0.278. The first-order valence-corrected chi connectivity index (χ1v) is 7.67. The SMILES string of the molecule is Cc1ccccc1NC(=O)NCc1ccc(-c2c(C)noc2C)o1. The van der Waals surface area contributed by atoms with Crippen LogP contribution in [0.5, 0.6) is 0 Å². The molecule has 0 saturated carbocycles. The van der Waals surface area contributed by atoms with Crippen molar-refractivity contribution in [2.24, 2.45) is 0 Å². The molecule has 0 fully saturated rings. The highest BCUT2D eigenvalue weighted by Gasteiger charge is 2.15. The molecule has 3 aromatic rings. The Morgan fingerprint density at radius 1 is 1.12 bits per heavy atom. The molecule has 0 bridgehead atoms. The molecule has 2 N–H and O–H groups in total. The van der Waals surface area contributed by atoms with Crippen molar-refractivity contribution in [1.82, 2.24) is 10.5 Å². The summed E-state index contributed by atoms with van der Waals surface area (Å²) in [6.07, 6.45) is 0. The first-order valence-electron chi connectivity index (χ1n) is 7.67. The highest BCUT2D eigenvalue weighted by atomic mass is 16.5. The molecule has 24 heavy (non-hydrogen) atoms. The Hall–Kier alpha value is -3.02. The molecule has 124 valence electrons. The van der Waals surface area contributed by atoms with Gasteiger partial charge in [0.25, 0.3) is 0 Å². The van der Waals surface area contributed by atoms with Crippen molar-refractivity contribution >= 4 is 11.7 Å². The van der Waals surface area contributed by atoms with E-state index in [-0.39, 0.29) is 6.03 Å². The lowest BCUT2D eigenvalue weighted by Crippen LogP contribution is -2.28. The molecule has 2 heterocycles. The molecule has 3 rings (SSSR count). The largest absolute Gasteiger partial charge is 0.459 e. The van der Waals surface area contributed by atoms with E-state index in [2.05, 4.69) is 15.8 Å². The van der Waals surface area contributed by atoms with Crippen molar-refractivity contribution < 1.29 is 13.7 Å². The Kier molecular flexibility index (Phi) is 4.37. The van der Waals surface area contributed by atoms with E-state index in [1.807, 2.05) is 57.2 Å². The number of nitrogens with zero attached hydrogens (tertiary/aromatic N) is 1. The van der Waals surface area contributed by atoms with Crippen LogP contribution in [0.2, 0.25) is 0 Å². The van der Waals surface area contributed by atoms with Gasteiger partial charge in [-0.2, -0.15) is 0 Å². The van der Waals surface area contributed by atoms with Crippen LogP contribution in [0.3, 0.4) is 0 Å². The Morgan fingerprint density at radius 2 is 1.92 bits per heavy atom. The molecule has 6 heteroatoms. The van der Waals surface area contributed by atoms with Gasteiger partial charge in [-0.25, -0.2) is 4.79 Å². The molecule has 0 radical (unpaired) electrons. The highest BCUT2D eigenvalue weighted by Crippen LogP contribution is 2.28. The smallest absolute Gasteiger partial charge is 0.319 e. The first-order chi connectivity index (χ1) is 11.5. The number of hydrogen-bond donors (Lipinski definition) is 2. The number of carbonyl (C=O) groups excluding carboxylic acids is 1. The van der Waals surface area contributed by atoms with Crippen LogP contribution in [0.1, 0.15) is 22.8 Å². The Bertz CT molecular complexity index is 845. The van der Waals surface area contributed by atoms with E-state index >= 15 is 0 Å². The summed E-state index contributed by atoms with van der Waals surface area (Å²) in [5, 5.41) is 9.51. The molecule has 2 amide bonds. The van der Waals surface area contributed by atoms with E-state index in [4.69, 9.17) is 8.94 Å². The number of carbonyl (C=O) groups is 1. The van der Waals surface area contributed by atoms with Crippen LogP contribution in [0.15, 0.2) is 45.3 Å². The summed E-state index contributed by atoms with van der Waals surface area (Å²) in [6, 6.07) is 11.0. The summed E-state index contributed by atoms with van der Waals surface area (Å²) in [7, 11) is 0. The van der Waals surface area contributed by atoms with Crippen LogP contribution in [-0.4, -0.2) is 11.2 Å². The van der Waals surface area contributed by atoms with Crippen LogP contribution in [-0.2, 0) is 6.54 Å². The lowest BCUT2D eigenvalue weighted by molar-refractivity contribution is 0.251. The summed E-state index contributed by atoms with van der Waals surface area (Å²) in [5.74, 6) is 2.05. The van der Waals surface area contributed by atoms with Crippen LogP contribution in [0, 0.1) is 20.8 Å². The number of nitrogens with one attached hydrogen (secondary N) is 2. The minimum atomic E-state index is -0.278. The van der Waals surface area contributed by atoms with E-state index in [1.165, 1.54) is 0 Å². The Labute approximate surface area is 139 Å². The van der Waals surface area contributed by atoms with Crippen molar-refractivity contribution in [1.29, 1.82) is 0 Å². The fourth-order valence-electron chi connectivity index (χ4n) is 2.49. The zero-order valence-electron chi connectivity index (χ0n) is 13.8. The third-order valence-corrected chi connectivity index (χ3v) is 3.76. The standard InChI is InChI=1S/C18H19N3O3/c1-11-6-4-5-7-15(11)20-18(22)19-10-14-8-9-16(23-14)17-12(2)21-24-13(17)3/h4-9H,10H2,1-3H3,(H2,19,20,22). The third kappa shape index (κ3) is 3.32. The molecule has 0 unspecified atom stereocenters. The van der Waals surface area contributed by atoms with Crippen LogP contribution in [0.25, 0.3) is 11.3 Å². The van der Waals surface area contributed by atoms with Gasteiger partial charge in [0.2, 0.25) is 0 Å². The fraction of sp³-hybridized carbons (Fsp3) is 0.222. The summed E-state index contributed by atoms with van der Waals surface area (Å²) in [5.41, 5.74) is 3.42. The maximum atomic E-state index is 12.0. The van der Waals surface area contributed by atoms with Crippen molar-refractivity contribution in [2.45, 2.75) is 27.3 Å². The van der Waals surface area contributed by atoms with E-state index in [0.29, 0.717) is 23.8 Å². The van der Waals surface area contributed by atoms with Gasteiger partial charge in [-0.1, -0.05) is 23.4 Å². The van der Waals surface area contributed by atoms with Gasteiger partial charge < -0.3 is 19.6 Å². The summed E-state index contributed by atoms with van der Waals surface area (Å²) in [6.45, 7) is 5.94. The van der Waals surface area contributed by atoms with Gasteiger partial charge in [0, 0.05) is 5.69 Å².